The second-order valence-corrected chi connectivity index (χ2v) is 6.33. The van der Waals surface area contributed by atoms with Gasteiger partial charge >= 0.3 is 5.76 Å². The number of ether oxygens (including phenoxy) is 1. The van der Waals surface area contributed by atoms with Crippen LogP contribution >= 0.6 is 11.6 Å². The highest BCUT2D eigenvalue weighted by molar-refractivity contribution is 6.31. The summed E-state index contributed by atoms with van der Waals surface area (Å²) in [5.41, 5.74) is 2.15. The summed E-state index contributed by atoms with van der Waals surface area (Å²) in [6.07, 6.45) is 0.168. The second-order valence-electron chi connectivity index (χ2n) is 5.90. The number of carbonyl (C=O) groups is 1. The smallest absolute Gasteiger partial charge is 0.419 e. The molecule has 1 aromatic heterocycles. The molecule has 0 fully saturated rings. The molecule has 0 saturated heterocycles. The highest BCUT2D eigenvalue weighted by Crippen LogP contribution is 2.18. The molecular formula is C19H19ClN2O4. The molecule has 1 heterocycles. The molecule has 3 rings (SSSR count). The molecule has 0 unspecified atom stereocenters. The lowest BCUT2D eigenvalue weighted by atomic mass is 10.2. The number of fused-ring (bicyclic) bond motifs is 1. The number of hydrogen-bond acceptors (Lipinski definition) is 4. The van der Waals surface area contributed by atoms with E-state index in [1.54, 1.807) is 18.2 Å². The van der Waals surface area contributed by atoms with Gasteiger partial charge in [0.1, 0.15) is 12.4 Å². The van der Waals surface area contributed by atoms with E-state index >= 15 is 0 Å². The third kappa shape index (κ3) is 4.46. The summed E-state index contributed by atoms with van der Waals surface area (Å²) >= 11 is 5.88. The van der Waals surface area contributed by atoms with E-state index in [1.165, 1.54) is 4.57 Å². The highest BCUT2D eigenvalue weighted by Gasteiger charge is 2.11. The molecule has 1 amide bonds. The standard InChI is InChI=1S/C19H19ClN2O4/c1-13-3-2-4-15(11-13)25-10-8-21-18(23)7-9-22-16-6-5-14(20)12-17(16)26-19(22)24/h2-6,11-12H,7-10H2,1H3,(H,21,23). The van der Waals surface area contributed by atoms with Crippen LogP contribution in [0.25, 0.3) is 11.1 Å². The van der Waals surface area contributed by atoms with Gasteiger partial charge in [-0.05, 0) is 36.8 Å². The number of amides is 1. The van der Waals surface area contributed by atoms with Gasteiger partial charge in [0, 0.05) is 24.1 Å². The zero-order valence-corrected chi connectivity index (χ0v) is 15.1. The van der Waals surface area contributed by atoms with Crippen LogP contribution in [0.2, 0.25) is 5.02 Å². The Bertz CT molecular complexity index is 977. The summed E-state index contributed by atoms with van der Waals surface area (Å²) in [6, 6.07) is 12.7. The van der Waals surface area contributed by atoms with Crippen molar-refractivity contribution in [2.45, 2.75) is 19.9 Å². The van der Waals surface area contributed by atoms with Crippen LogP contribution < -0.4 is 15.8 Å². The number of nitrogens with one attached hydrogen (secondary N) is 1. The summed E-state index contributed by atoms with van der Waals surface area (Å²) in [4.78, 5) is 23.9. The Balaban J connectivity index is 1.47. The van der Waals surface area contributed by atoms with Gasteiger partial charge < -0.3 is 14.5 Å². The van der Waals surface area contributed by atoms with Crippen molar-refractivity contribution < 1.29 is 13.9 Å². The van der Waals surface area contributed by atoms with Crippen LogP contribution in [0, 0.1) is 6.92 Å². The number of halogens is 1. The molecule has 0 radical (unpaired) electrons. The van der Waals surface area contributed by atoms with Gasteiger partial charge in [0.25, 0.3) is 0 Å². The zero-order chi connectivity index (χ0) is 18.5. The first-order valence-corrected chi connectivity index (χ1v) is 8.66. The predicted octanol–water partition coefficient (Wildman–Crippen LogP) is 3.14. The van der Waals surface area contributed by atoms with Crippen LogP contribution in [0.15, 0.2) is 51.7 Å². The lowest BCUT2D eigenvalue weighted by Crippen LogP contribution is -2.29. The molecule has 26 heavy (non-hydrogen) atoms. The average molecular weight is 375 g/mol. The monoisotopic (exact) mass is 374 g/mol. The van der Waals surface area contributed by atoms with Gasteiger partial charge in [-0.15, -0.1) is 0 Å². The van der Waals surface area contributed by atoms with Crippen molar-refractivity contribution in [1.29, 1.82) is 0 Å². The van der Waals surface area contributed by atoms with E-state index in [2.05, 4.69) is 5.32 Å². The minimum absolute atomic E-state index is 0.159. The van der Waals surface area contributed by atoms with Gasteiger partial charge in [0.15, 0.2) is 5.58 Å². The van der Waals surface area contributed by atoms with Crippen molar-refractivity contribution in [3.8, 4) is 5.75 Å². The second kappa shape index (κ2) is 8.10. The Labute approximate surface area is 155 Å². The highest BCUT2D eigenvalue weighted by atomic mass is 35.5. The van der Waals surface area contributed by atoms with Crippen LogP contribution in [0.3, 0.4) is 0 Å². The molecule has 0 bridgehead atoms. The van der Waals surface area contributed by atoms with Gasteiger partial charge in [-0.2, -0.15) is 0 Å². The molecule has 3 aromatic rings. The van der Waals surface area contributed by atoms with Gasteiger partial charge in [0.05, 0.1) is 12.1 Å². The van der Waals surface area contributed by atoms with Crippen LogP contribution in [0.4, 0.5) is 0 Å². The Morgan fingerprint density at radius 2 is 2.12 bits per heavy atom. The van der Waals surface area contributed by atoms with Gasteiger partial charge in [0.2, 0.25) is 5.91 Å². The molecule has 0 atom stereocenters. The summed E-state index contributed by atoms with van der Waals surface area (Å²) in [5.74, 6) is 0.111. The fourth-order valence-corrected chi connectivity index (χ4v) is 2.78. The number of aromatic nitrogens is 1. The van der Waals surface area contributed by atoms with E-state index in [1.807, 2.05) is 31.2 Å². The predicted molar refractivity (Wildman–Crippen MR) is 99.8 cm³/mol. The summed E-state index contributed by atoms with van der Waals surface area (Å²) < 4.78 is 12.1. The van der Waals surface area contributed by atoms with Crippen LogP contribution in [0.1, 0.15) is 12.0 Å². The molecule has 7 heteroatoms. The minimum atomic E-state index is -0.502. The maximum atomic E-state index is 12.0. The van der Waals surface area contributed by atoms with E-state index in [9.17, 15) is 9.59 Å². The van der Waals surface area contributed by atoms with Crippen molar-refractivity contribution in [3.63, 3.8) is 0 Å². The SMILES string of the molecule is Cc1cccc(OCCNC(=O)CCn2c(=O)oc3cc(Cl)ccc32)c1. The van der Waals surface area contributed by atoms with Crippen molar-refractivity contribution in [3.05, 3.63) is 63.6 Å². The summed E-state index contributed by atoms with van der Waals surface area (Å²) in [7, 11) is 0. The van der Waals surface area contributed by atoms with E-state index in [-0.39, 0.29) is 18.9 Å². The molecule has 0 aliphatic rings. The fourth-order valence-electron chi connectivity index (χ4n) is 2.62. The Morgan fingerprint density at radius 3 is 2.92 bits per heavy atom. The first-order valence-electron chi connectivity index (χ1n) is 8.28. The quantitative estimate of drug-likeness (QED) is 0.645. The van der Waals surface area contributed by atoms with Crippen molar-refractivity contribution >= 4 is 28.6 Å². The van der Waals surface area contributed by atoms with Gasteiger partial charge in [-0.25, -0.2) is 4.79 Å². The molecule has 0 saturated carbocycles. The maximum absolute atomic E-state index is 12.0. The molecule has 0 spiro atoms. The number of benzene rings is 2. The molecule has 0 aliphatic heterocycles. The number of carbonyl (C=O) groups excluding carboxylic acids is 1. The third-order valence-electron chi connectivity index (χ3n) is 3.88. The molecule has 2 aromatic carbocycles. The van der Waals surface area contributed by atoms with Gasteiger partial charge in [-0.1, -0.05) is 23.7 Å². The van der Waals surface area contributed by atoms with Crippen molar-refractivity contribution in [2.75, 3.05) is 13.2 Å². The third-order valence-corrected chi connectivity index (χ3v) is 4.11. The number of nitrogens with zero attached hydrogens (tertiary/aromatic N) is 1. The van der Waals surface area contributed by atoms with Crippen LogP contribution in [-0.4, -0.2) is 23.6 Å². The first-order chi connectivity index (χ1) is 12.5. The Morgan fingerprint density at radius 1 is 1.27 bits per heavy atom. The molecule has 1 N–H and O–H groups in total. The number of rotatable bonds is 7. The normalized spacial score (nSPS) is 10.8. The van der Waals surface area contributed by atoms with Crippen LogP contribution in [0.5, 0.6) is 5.75 Å². The Hall–Kier alpha value is -2.73. The zero-order valence-electron chi connectivity index (χ0n) is 14.3. The van der Waals surface area contributed by atoms with E-state index in [4.69, 9.17) is 20.8 Å². The molecule has 136 valence electrons. The lowest BCUT2D eigenvalue weighted by molar-refractivity contribution is -0.121. The van der Waals surface area contributed by atoms with E-state index in [0.29, 0.717) is 29.3 Å². The van der Waals surface area contributed by atoms with Crippen LogP contribution in [-0.2, 0) is 11.3 Å². The topological polar surface area (TPSA) is 73.5 Å². The lowest BCUT2D eigenvalue weighted by Gasteiger charge is -2.08. The maximum Gasteiger partial charge on any atom is 0.419 e. The molecular weight excluding hydrogens is 356 g/mol. The summed E-state index contributed by atoms with van der Waals surface area (Å²) in [5, 5.41) is 3.27. The molecule has 6 nitrogen and oxygen atoms in total. The largest absolute Gasteiger partial charge is 0.492 e. The first kappa shape index (κ1) is 18.1. The summed E-state index contributed by atoms with van der Waals surface area (Å²) in [6.45, 7) is 2.99. The van der Waals surface area contributed by atoms with E-state index in [0.717, 1.165) is 11.3 Å². The minimum Gasteiger partial charge on any atom is -0.492 e. The fraction of sp³-hybridized carbons (Fsp3) is 0.263. The van der Waals surface area contributed by atoms with E-state index < -0.39 is 5.76 Å². The van der Waals surface area contributed by atoms with Gasteiger partial charge in [-0.3, -0.25) is 9.36 Å². The Kier molecular flexibility index (Phi) is 5.63. The number of oxazole rings is 1. The number of hydrogen-bond donors (Lipinski definition) is 1. The van der Waals surface area contributed by atoms with Crippen molar-refractivity contribution in [1.82, 2.24) is 9.88 Å². The molecule has 0 aliphatic carbocycles. The number of aryl methyl sites for hydroxylation is 2. The average Bonchev–Trinajstić information content (AvgIpc) is 2.91. The van der Waals surface area contributed by atoms with Crippen molar-refractivity contribution in [2.24, 2.45) is 0 Å².